The highest BCUT2D eigenvalue weighted by molar-refractivity contribution is 6.16. The van der Waals surface area contributed by atoms with Crippen molar-refractivity contribution in [3.63, 3.8) is 0 Å². The number of fused-ring (bicyclic) bond motifs is 3. The number of hydrogen-bond acceptors (Lipinski definition) is 2. The molecule has 0 bridgehead atoms. The standard InChI is InChI=1S/C52H35N3/c1-5-16-36(17-6-1)41-30-31-49-46(34-41)51-45(28-15-29-50(51)55(49)44-26-11-4-12-27-44)42-24-13-22-39(32-42)40-23-14-25-43(33-40)52-53-47(37-18-7-2-8-19-37)35-48(54-52)38-20-9-3-10-21-38/h1-35H. The lowest BCUT2D eigenvalue weighted by Crippen LogP contribution is -1.96. The average Bonchev–Trinajstić information content (AvgIpc) is 3.61. The summed E-state index contributed by atoms with van der Waals surface area (Å²) in [6.45, 7) is 0. The number of aromatic nitrogens is 3. The molecule has 0 fully saturated rings. The zero-order chi connectivity index (χ0) is 36.6. The van der Waals surface area contributed by atoms with Crippen molar-refractivity contribution in [2.24, 2.45) is 0 Å². The van der Waals surface area contributed by atoms with Crippen LogP contribution in [0.25, 0.3) is 94.8 Å². The van der Waals surface area contributed by atoms with Crippen molar-refractivity contribution >= 4 is 21.8 Å². The third-order valence-electron chi connectivity index (χ3n) is 10.4. The molecule has 10 aromatic rings. The lowest BCUT2D eigenvalue weighted by Gasteiger charge is -2.12. The summed E-state index contributed by atoms with van der Waals surface area (Å²) in [7, 11) is 0. The summed E-state index contributed by atoms with van der Waals surface area (Å²) < 4.78 is 2.39. The third kappa shape index (κ3) is 6.08. The van der Waals surface area contributed by atoms with Crippen LogP contribution in [0.1, 0.15) is 0 Å². The minimum Gasteiger partial charge on any atom is -0.309 e. The Morgan fingerprint density at radius 1 is 0.309 bits per heavy atom. The predicted molar refractivity (Wildman–Crippen MR) is 229 cm³/mol. The Hall–Kier alpha value is -7.36. The Labute approximate surface area is 320 Å². The summed E-state index contributed by atoms with van der Waals surface area (Å²) >= 11 is 0. The van der Waals surface area contributed by atoms with Gasteiger partial charge in [-0.15, -0.1) is 0 Å². The Kier molecular flexibility index (Phi) is 8.16. The summed E-state index contributed by atoms with van der Waals surface area (Å²) in [4.78, 5) is 10.2. The quantitative estimate of drug-likeness (QED) is 0.166. The van der Waals surface area contributed by atoms with Crippen molar-refractivity contribution in [3.8, 4) is 73.0 Å². The monoisotopic (exact) mass is 701 g/mol. The lowest BCUT2D eigenvalue weighted by atomic mass is 9.94. The van der Waals surface area contributed by atoms with E-state index >= 15 is 0 Å². The molecule has 0 saturated carbocycles. The molecule has 2 aromatic heterocycles. The predicted octanol–water partition coefficient (Wildman–Crippen LogP) is 13.6. The fourth-order valence-corrected chi connectivity index (χ4v) is 7.77. The Morgan fingerprint density at radius 2 is 0.800 bits per heavy atom. The van der Waals surface area contributed by atoms with E-state index in [2.05, 4.69) is 205 Å². The van der Waals surface area contributed by atoms with Crippen LogP contribution in [-0.4, -0.2) is 14.5 Å². The molecule has 10 rings (SSSR count). The number of rotatable bonds is 7. The van der Waals surface area contributed by atoms with E-state index in [0.29, 0.717) is 5.82 Å². The molecule has 0 atom stereocenters. The van der Waals surface area contributed by atoms with Crippen LogP contribution in [0.4, 0.5) is 0 Å². The Morgan fingerprint density at radius 3 is 1.44 bits per heavy atom. The summed E-state index contributed by atoms with van der Waals surface area (Å²) in [6, 6.07) is 75.1. The number of benzene rings is 8. The smallest absolute Gasteiger partial charge is 0.160 e. The van der Waals surface area contributed by atoms with E-state index in [1.165, 1.54) is 44.1 Å². The molecule has 0 amide bonds. The normalized spacial score (nSPS) is 11.3. The first-order valence-electron chi connectivity index (χ1n) is 18.7. The van der Waals surface area contributed by atoms with E-state index in [1.54, 1.807) is 0 Å². The molecule has 0 aliphatic heterocycles. The molecule has 3 heteroatoms. The van der Waals surface area contributed by atoms with Gasteiger partial charge in [-0.1, -0.05) is 164 Å². The van der Waals surface area contributed by atoms with Gasteiger partial charge in [0, 0.05) is 33.2 Å². The van der Waals surface area contributed by atoms with Crippen molar-refractivity contribution in [1.82, 2.24) is 14.5 Å². The minimum atomic E-state index is 0.700. The van der Waals surface area contributed by atoms with E-state index in [1.807, 2.05) is 12.1 Å². The van der Waals surface area contributed by atoms with Crippen molar-refractivity contribution in [2.75, 3.05) is 0 Å². The maximum Gasteiger partial charge on any atom is 0.160 e. The second-order valence-corrected chi connectivity index (χ2v) is 13.8. The third-order valence-corrected chi connectivity index (χ3v) is 10.4. The molecule has 8 aromatic carbocycles. The summed E-state index contributed by atoms with van der Waals surface area (Å²) in [5.74, 6) is 0.700. The highest BCUT2D eigenvalue weighted by Gasteiger charge is 2.18. The van der Waals surface area contributed by atoms with Crippen LogP contribution in [0.3, 0.4) is 0 Å². The fourth-order valence-electron chi connectivity index (χ4n) is 7.77. The van der Waals surface area contributed by atoms with Crippen molar-refractivity contribution in [3.05, 3.63) is 212 Å². The van der Waals surface area contributed by atoms with E-state index in [9.17, 15) is 0 Å². The van der Waals surface area contributed by atoms with Crippen molar-refractivity contribution in [2.45, 2.75) is 0 Å². The second kappa shape index (κ2) is 13.9. The molecule has 0 radical (unpaired) electrons. The molecule has 0 unspecified atom stereocenters. The Balaban J connectivity index is 1.11. The average molecular weight is 702 g/mol. The van der Waals surface area contributed by atoms with Gasteiger partial charge in [-0.2, -0.15) is 0 Å². The maximum absolute atomic E-state index is 5.11. The fraction of sp³-hybridized carbons (Fsp3) is 0. The molecule has 258 valence electrons. The zero-order valence-corrected chi connectivity index (χ0v) is 30.0. The molecule has 0 spiro atoms. The molecular weight excluding hydrogens is 667 g/mol. The summed E-state index contributed by atoms with van der Waals surface area (Å²) in [5, 5.41) is 2.47. The molecule has 0 aliphatic carbocycles. The van der Waals surface area contributed by atoms with E-state index < -0.39 is 0 Å². The molecule has 0 aliphatic rings. The maximum atomic E-state index is 5.11. The van der Waals surface area contributed by atoms with Crippen molar-refractivity contribution < 1.29 is 0 Å². The SMILES string of the molecule is c1ccc(-c2ccc3c(c2)c2c(-c4cccc(-c5cccc(-c6nc(-c7ccccc7)cc(-c7ccccc7)n6)c5)c4)cccc2n3-c2ccccc2)cc1. The van der Waals surface area contributed by atoms with E-state index in [-0.39, 0.29) is 0 Å². The second-order valence-electron chi connectivity index (χ2n) is 13.8. The molecule has 2 heterocycles. The van der Waals surface area contributed by atoms with Crippen molar-refractivity contribution in [1.29, 1.82) is 0 Å². The molecular formula is C52H35N3. The lowest BCUT2D eigenvalue weighted by molar-refractivity contribution is 1.18. The first kappa shape index (κ1) is 32.3. The summed E-state index contributed by atoms with van der Waals surface area (Å²) in [6.07, 6.45) is 0. The number of hydrogen-bond donors (Lipinski definition) is 0. The van der Waals surface area contributed by atoms with Gasteiger partial charge in [-0.3, -0.25) is 0 Å². The van der Waals surface area contributed by atoms with Crippen LogP contribution in [-0.2, 0) is 0 Å². The highest BCUT2D eigenvalue weighted by atomic mass is 15.0. The van der Waals surface area contributed by atoms with Gasteiger partial charge in [-0.05, 0) is 81.9 Å². The van der Waals surface area contributed by atoms with Crippen LogP contribution in [0.2, 0.25) is 0 Å². The van der Waals surface area contributed by atoms with Crippen LogP contribution < -0.4 is 0 Å². The van der Waals surface area contributed by atoms with Gasteiger partial charge in [0.1, 0.15) is 0 Å². The van der Waals surface area contributed by atoms with Gasteiger partial charge in [0.2, 0.25) is 0 Å². The van der Waals surface area contributed by atoms with Crippen LogP contribution in [0, 0.1) is 0 Å². The Bertz CT molecular complexity index is 2890. The number of nitrogens with zero attached hydrogens (tertiary/aromatic N) is 3. The number of para-hydroxylation sites is 1. The molecule has 3 nitrogen and oxygen atoms in total. The highest BCUT2D eigenvalue weighted by Crippen LogP contribution is 2.41. The van der Waals surface area contributed by atoms with Gasteiger partial charge in [-0.25, -0.2) is 9.97 Å². The molecule has 0 saturated heterocycles. The van der Waals surface area contributed by atoms with Gasteiger partial charge in [0.05, 0.1) is 22.4 Å². The van der Waals surface area contributed by atoms with Gasteiger partial charge >= 0.3 is 0 Å². The van der Waals surface area contributed by atoms with Gasteiger partial charge < -0.3 is 4.57 Å². The van der Waals surface area contributed by atoms with Gasteiger partial charge in [0.25, 0.3) is 0 Å². The van der Waals surface area contributed by atoms with Crippen LogP contribution in [0.5, 0.6) is 0 Å². The topological polar surface area (TPSA) is 30.7 Å². The minimum absolute atomic E-state index is 0.700. The first-order valence-corrected chi connectivity index (χ1v) is 18.7. The molecule has 55 heavy (non-hydrogen) atoms. The van der Waals surface area contributed by atoms with E-state index in [0.717, 1.165) is 44.9 Å². The summed E-state index contributed by atoms with van der Waals surface area (Å²) in [5.41, 5.74) is 15.4. The van der Waals surface area contributed by atoms with Crippen LogP contribution >= 0.6 is 0 Å². The first-order chi connectivity index (χ1) is 27.3. The zero-order valence-electron chi connectivity index (χ0n) is 30.0. The van der Waals surface area contributed by atoms with E-state index in [4.69, 9.17) is 9.97 Å². The van der Waals surface area contributed by atoms with Crippen LogP contribution in [0.15, 0.2) is 212 Å². The molecule has 0 N–H and O–H groups in total. The largest absolute Gasteiger partial charge is 0.309 e. The van der Waals surface area contributed by atoms with Gasteiger partial charge in [0.15, 0.2) is 5.82 Å².